The highest BCUT2D eigenvalue weighted by Crippen LogP contribution is 2.23. The van der Waals surface area contributed by atoms with E-state index in [1.54, 1.807) is 0 Å². The molecule has 3 aromatic carbocycles. The minimum atomic E-state index is 0.550. The number of thiocarbonyl (C=S) groups is 1. The van der Waals surface area contributed by atoms with Gasteiger partial charge < -0.3 is 10.6 Å². The van der Waals surface area contributed by atoms with Gasteiger partial charge in [0.15, 0.2) is 5.11 Å². The van der Waals surface area contributed by atoms with Crippen LogP contribution >= 0.6 is 35.6 Å². The summed E-state index contributed by atoms with van der Waals surface area (Å²) < 4.78 is 0. The van der Waals surface area contributed by atoms with E-state index in [0.717, 1.165) is 17.1 Å². The quantitative estimate of drug-likeness (QED) is 0.390. The number of hydrogen-bond donors (Lipinski definition) is 2. The molecular formula is C20H17ClN2S2. The molecule has 0 spiro atoms. The molecule has 0 aliphatic heterocycles. The van der Waals surface area contributed by atoms with E-state index in [2.05, 4.69) is 47.0 Å². The third-order valence-electron chi connectivity index (χ3n) is 3.46. The average Bonchev–Trinajstić information content (AvgIpc) is 2.64. The molecule has 0 aliphatic rings. The van der Waals surface area contributed by atoms with Crippen LogP contribution in [0, 0.1) is 0 Å². The van der Waals surface area contributed by atoms with Crippen molar-refractivity contribution in [2.75, 3.05) is 10.6 Å². The number of halogens is 1. The van der Waals surface area contributed by atoms with Crippen LogP contribution < -0.4 is 10.6 Å². The third kappa shape index (κ3) is 5.78. The summed E-state index contributed by atoms with van der Waals surface area (Å²) in [6, 6.07) is 26.1. The van der Waals surface area contributed by atoms with Crippen LogP contribution in [0.2, 0.25) is 5.02 Å². The Morgan fingerprint density at radius 2 is 1.36 bits per heavy atom. The number of hydrogen-bond acceptors (Lipinski definition) is 2. The molecule has 0 heterocycles. The van der Waals surface area contributed by atoms with E-state index in [9.17, 15) is 0 Å². The number of nitrogens with one attached hydrogen (secondary N) is 2. The highest BCUT2D eigenvalue weighted by Gasteiger charge is 2.01. The first-order valence-electron chi connectivity index (χ1n) is 7.79. The first-order chi connectivity index (χ1) is 12.2. The van der Waals surface area contributed by atoms with Crippen LogP contribution in [0.4, 0.5) is 11.4 Å². The van der Waals surface area contributed by atoms with E-state index in [0.29, 0.717) is 10.1 Å². The Balaban J connectivity index is 1.51. The molecule has 0 saturated carbocycles. The molecule has 0 unspecified atom stereocenters. The molecule has 0 saturated heterocycles. The summed E-state index contributed by atoms with van der Waals surface area (Å²) in [5.41, 5.74) is 3.13. The fourth-order valence-corrected chi connectivity index (χ4v) is 3.43. The van der Waals surface area contributed by atoms with Crippen molar-refractivity contribution < 1.29 is 0 Å². The van der Waals surface area contributed by atoms with Crippen LogP contribution in [0.5, 0.6) is 0 Å². The molecule has 126 valence electrons. The Hall–Kier alpha value is -2.01. The van der Waals surface area contributed by atoms with Gasteiger partial charge in [-0.25, -0.2) is 0 Å². The molecule has 3 rings (SSSR count). The van der Waals surface area contributed by atoms with Gasteiger partial charge in [0.2, 0.25) is 0 Å². The maximum absolute atomic E-state index is 5.88. The Bertz CT molecular complexity index is 819. The van der Waals surface area contributed by atoms with Gasteiger partial charge in [-0.05, 0) is 66.3 Å². The van der Waals surface area contributed by atoms with Crippen LogP contribution in [0.25, 0.3) is 0 Å². The smallest absolute Gasteiger partial charge is 0.175 e. The van der Waals surface area contributed by atoms with E-state index in [1.165, 1.54) is 10.5 Å². The van der Waals surface area contributed by atoms with Gasteiger partial charge in [0.25, 0.3) is 0 Å². The van der Waals surface area contributed by atoms with Gasteiger partial charge in [-0.1, -0.05) is 41.9 Å². The highest BCUT2D eigenvalue weighted by molar-refractivity contribution is 7.98. The van der Waals surface area contributed by atoms with E-state index >= 15 is 0 Å². The lowest BCUT2D eigenvalue weighted by Crippen LogP contribution is -2.18. The van der Waals surface area contributed by atoms with Crippen molar-refractivity contribution in [3.63, 3.8) is 0 Å². The molecule has 2 N–H and O–H groups in total. The van der Waals surface area contributed by atoms with Gasteiger partial charge >= 0.3 is 0 Å². The molecule has 0 aromatic heterocycles. The molecule has 0 bridgehead atoms. The van der Waals surface area contributed by atoms with Crippen molar-refractivity contribution in [3.8, 4) is 0 Å². The first kappa shape index (κ1) is 17.8. The van der Waals surface area contributed by atoms with E-state index in [1.807, 2.05) is 54.2 Å². The first-order valence-corrected chi connectivity index (χ1v) is 9.56. The number of anilines is 2. The summed E-state index contributed by atoms with van der Waals surface area (Å²) in [5.74, 6) is 0.942. The molecule has 0 amide bonds. The number of benzene rings is 3. The van der Waals surface area contributed by atoms with Crippen molar-refractivity contribution in [2.24, 2.45) is 0 Å². The van der Waals surface area contributed by atoms with Crippen molar-refractivity contribution in [1.82, 2.24) is 0 Å². The van der Waals surface area contributed by atoms with E-state index in [4.69, 9.17) is 23.8 Å². The van der Waals surface area contributed by atoms with Gasteiger partial charge in [-0.3, -0.25) is 0 Å². The van der Waals surface area contributed by atoms with Crippen molar-refractivity contribution in [3.05, 3.63) is 89.4 Å². The molecule has 0 fully saturated rings. The average molecular weight is 385 g/mol. The summed E-state index contributed by atoms with van der Waals surface area (Å²) in [6.45, 7) is 0. The lowest BCUT2D eigenvalue weighted by atomic mass is 10.2. The maximum Gasteiger partial charge on any atom is 0.175 e. The summed E-state index contributed by atoms with van der Waals surface area (Å²) in [6.07, 6.45) is 0. The zero-order valence-electron chi connectivity index (χ0n) is 13.4. The van der Waals surface area contributed by atoms with Crippen LogP contribution in [-0.2, 0) is 5.75 Å². The largest absolute Gasteiger partial charge is 0.332 e. The standard InChI is InChI=1S/C20H17ClN2S2/c21-16-8-12-18(13-9-16)23-20(24)22-17-10-6-15(7-11-17)14-25-19-4-2-1-3-5-19/h1-13H,14H2,(H2,22,23,24). The normalized spacial score (nSPS) is 10.3. The predicted molar refractivity (Wildman–Crippen MR) is 114 cm³/mol. The molecule has 0 radical (unpaired) electrons. The SMILES string of the molecule is S=C(Nc1ccc(Cl)cc1)Nc1ccc(CSc2ccccc2)cc1. The highest BCUT2D eigenvalue weighted by atomic mass is 35.5. The Morgan fingerprint density at radius 1 is 0.800 bits per heavy atom. The minimum Gasteiger partial charge on any atom is -0.332 e. The second kappa shape index (κ2) is 8.90. The van der Waals surface area contributed by atoms with Crippen LogP contribution in [0.3, 0.4) is 0 Å². The zero-order chi connectivity index (χ0) is 17.5. The molecule has 0 aliphatic carbocycles. The summed E-state index contributed by atoms with van der Waals surface area (Å²) >= 11 is 13.0. The van der Waals surface area contributed by atoms with Crippen LogP contribution in [0.15, 0.2) is 83.8 Å². The molecule has 0 atom stereocenters. The monoisotopic (exact) mass is 384 g/mol. The van der Waals surface area contributed by atoms with Crippen molar-refractivity contribution >= 4 is 52.1 Å². The molecule has 2 nitrogen and oxygen atoms in total. The summed E-state index contributed by atoms with van der Waals surface area (Å²) in [4.78, 5) is 1.28. The zero-order valence-corrected chi connectivity index (χ0v) is 15.8. The molecule has 25 heavy (non-hydrogen) atoms. The summed E-state index contributed by atoms with van der Waals surface area (Å²) in [5, 5.41) is 7.57. The lowest BCUT2D eigenvalue weighted by Gasteiger charge is -2.11. The fourth-order valence-electron chi connectivity index (χ4n) is 2.19. The second-order valence-electron chi connectivity index (χ2n) is 5.38. The predicted octanol–water partition coefficient (Wildman–Crippen LogP) is 6.44. The molecule has 5 heteroatoms. The van der Waals surface area contributed by atoms with Crippen LogP contribution in [-0.4, -0.2) is 5.11 Å². The minimum absolute atomic E-state index is 0.550. The van der Waals surface area contributed by atoms with Crippen molar-refractivity contribution in [1.29, 1.82) is 0 Å². The topological polar surface area (TPSA) is 24.1 Å². The molecule has 3 aromatic rings. The van der Waals surface area contributed by atoms with Crippen LogP contribution in [0.1, 0.15) is 5.56 Å². The van der Waals surface area contributed by atoms with E-state index in [-0.39, 0.29) is 0 Å². The lowest BCUT2D eigenvalue weighted by molar-refractivity contribution is 1.38. The van der Waals surface area contributed by atoms with E-state index < -0.39 is 0 Å². The fraction of sp³-hybridized carbons (Fsp3) is 0.0500. The number of rotatable bonds is 5. The summed E-state index contributed by atoms with van der Waals surface area (Å²) in [7, 11) is 0. The van der Waals surface area contributed by atoms with Gasteiger partial charge in [0.05, 0.1) is 0 Å². The van der Waals surface area contributed by atoms with Gasteiger partial charge in [-0.2, -0.15) is 0 Å². The Kier molecular flexibility index (Phi) is 6.34. The number of thioether (sulfide) groups is 1. The Labute approximate surface area is 162 Å². The molecular weight excluding hydrogens is 368 g/mol. The second-order valence-corrected chi connectivity index (χ2v) is 7.28. The van der Waals surface area contributed by atoms with Gasteiger partial charge in [0.1, 0.15) is 0 Å². The third-order valence-corrected chi connectivity index (χ3v) is 5.00. The van der Waals surface area contributed by atoms with Gasteiger partial charge in [-0.15, -0.1) is 11.8 Å². The maximum atomic E-state index is 5.88. The van der Waals surface area contributed by atoms with Gasteiger partial charge in [0, 0.05) is 27.0 Å². The van der Waals surface area contributed by atoms with Crippen molar-refractivity contribution in [2.45, 2.75) is 10.6 Å². The Morgan fingerprint density at radius 3 is 1.96 bits per heavy atom.